The highest BCUT2D eigenvalue weighted by atomic mass is 32.1. The molecule has 7 heteroatoms. The lowest BCUT2D eigenvalue weighted by atomic mass is 9.92. The molecule has 0 aliphatic heterocycles. The van der Waals surface area contributed by atoms with E-state index in [0.717, 1.165) is 186 Å². The zero-order valence-electron chi connectivity index (χ0n) is 52.3. The van der Waals surface area contributed by atoms with Crippen molar-refractivity contribution in [3.05, 3.63) is 333 Å². The van der Waals surface area contributed by atoms with Crippen molar-refractivity contribution >= 4 is 119 Å². The molecule has 0 N–H and O–H groups in total. The molecule has 20 aromatic rings. The predicted octanol–water partition coefficient (Wildman–Crippen LogP) is 24.0. The van der Waals surface area contributed by atoms with Gasteiger partial charge in [-0.15, -0.1) is 11.3 Å². The van der Waals surface area contributed by atoms with Gasteiger partial charge in [-0.3, -0.25) is 4.98 Å². The zero-order chi connectivity index (χ0) is 63.8. The number of pyridine rings is 1. The summed E-state index contributed by atoms with van der Waals surface area (Å²) in [5.41, 5.74) is 23.2. The number of thiophene rings is 1. The second-order valence-corrected chi connectivity index (χ2v) is 26.2. The van der Waals surface area contributed by atoms with Crippen LogP contribution in [0.5, 0.6) is 0 Å². The maximum Gasteiger partial charge on any atom is 0.104 e. The Balaban J connectivity index is 1.12. The minimum Gasteiger partial charge on any atom is -0.306 e. The first kappa shape index (κ1) is 54.7. The molecule has 6 aromatic heterocycles. The van der Waals surface area contributed by atoms with Crippen LogP contribution in [0, 0.1) is 11.3 Å². The fraction of sp³-hybridized carbons (Fsp3) is 0. The molecular weight excluding hydrogens is 1200 g/mol. The summed E-state index contributed by atoms with van der Waals surface area (Å²) in [6, 6.07) is 120. The van der Waals surface area contributed by atoms with Gasteiger partial charge in [0.2, 0.25) is 0 Å². The van der Waals surface area contributed by atoms with E-state index >= 15 is 0 Å². The highest BCUT2D eigenvalue weighted by molar-refractivity contribution is 7.26. The maximum atomic E-state index is 13.7. The molecule has 97 heavy (non-hydrogen) atoms. The van der Waals surface area contributed by atoms with Crippen molar-refractivity contribution in [1.82, 2.24) is 23.3 Å². The van der Waals surface area contributed by atoms with Gasteiger partial charge in [0, 0.05) is 70.5 Å². The Morgan fingerprint density at radius 2 is 0.588 bits per heavy atom. The third kappa shape index (κ3) is 8.21. The van der Waals surface area contributed by atoms with Gasteiger partial charge in [-0.25, -0.2) is 0 Å². The largest absolute Gasteiger partial charge is 0.306 e. The Kier molecular flexibility index (Phi) is 12.2. The van der Waals surface area contributed by atoms with Gasteiger partial charge < -0.3 is 18.3 Å². The molecule has 6 nitrogen and oxygen atoms in total. The lowest BCUT2D eigenvalue weighted by Gasteiger charge is -2.29. The zero-order valence-corrected chi connectivity index (χ0v) is 53.1. The molecule has 20 rings (SSSR count). The number of benzene rings is 14. The van der Waals surface area contributed by atoms with E-state index in [9.17, 15) is 5.26 Å². The second kappa shape index (κ2) is 21.6. The van der Waals surface area contributed by atoms with Crippen LogP contribution >= 0.6 is 11.3 Å². The van der Waals surface area contributed by atoms with Gasteiger partial charge in [0.15, 0.2) is 0 Å². The molecule has 0 spiro atoms. The minimum atomic E-state index is 0.495. The van der Waals surface area contributed by atoms with Crippen molar-refractivity contribution in [2.45, 2.75) is 0 Å². The Hall–Kier alpha value is -12.9. The molecule has 6 heterocycles. The Morgan fingerprint density at radius 1 is 0.268 bits per heavy atom. The summed E-state index contributed by atoms with van der Waals surface area (Å²) in [4.78, 5) is 5.19. The number of fused-ring (bicyclic) bond motifs is 15. The predicted molar refractivity (Wildman–Crippen MR) is 406 cm³/mol. The third-order valence-corrected chi connectivity index (χ3v) is 21.2. The van der Waals surface area contributed by atoms with Crippen LogP contribution in [0.3, 0.4) is 0 Å². The fourth-order valence-corrected chi connectivity index (χ4v) is 17.0. The number of hydrogen-bond donors (Lipinski definition) is 0. The monoisotopic (exact) mass is 1250 g/mol. The molecule has 0 radical (unpaired) electrons. The summed E-state index contributed by atoms with van der Waals surface area (Å²) >= 11 is 1.78. The van der Waals surface area contributed by atoms with Crippen molar-refractivity contribution in [1.29, 1.82) is 5.26 Å². The van der Waals surface area contributed by atoms with E-state index in [0.29, 0.717) is 5.56 Å². The summed E-state index contributed by atoms with van der Waals surface area (Å²) in [6.07, 6.45) is 1.92. The average Bonchev–Trinajstić information content (AvgIpc) is 1.49. The number of hydrogen-bond acceptors (Lipinski definition) is 3. The van der Waals surface area contributed by atoms with E-state index in [1.165, 1.54) is 0 Å². The summed E-state index contributed by atoms with van der Waals surface area (Å²) in [5, 5.41) is 23.4. The average molecular weight is 1250 g/mol. The summed E-state index contributed by atoms with van der Waals surface area (Å²) in [7, 11) is 0. The van der Waals surface area contributed by atoms with Gasteiger partial charge in [0.25, 0.3) is 0 Å². The smallest absolute Gasteiger partial charge is 0.104 e. The van der Waals surface area contributed by atoms with Crippen molar-refractivity contribution in [3.63, 3.8) is 0 Å². The van der Waals surface area contributed by atoms with Crippen LogP contribution in [0.15, 0.2) is 328 Å². The Labute approximate surface area is 561 Å². The quantitative estimate of drug-likeness (QED) is 0.145. The molecule has 0 fully saturated rings. The number of nitrogens with zero attached hydrogens (tertiary/aromatic N) is 6. The van der Waals surface area contributed by atoms with E-state index < -0.39 is 0 Å². The number of aromatic nitrogens is 5. The highest BCUT2D eigenvalue weighted by Crippen LogP contribution is 2.55. The molecule has 0 aliphatic rings. The van der Waals surface area contributed by atoms with Crippen LogP contribution in [0.1, 0.15) is 5.56 Å². The van der Waals surface area contributed by atoms with Crippen LogP contribution in [0.4, 0.5) is 0 Å². The Morgan fingerprint density at radius 3 is 0.948 bits per heavy atom. The van der Waals surface area contributed by atoms with E-state index in [1.807, 2.05) is 6.20 Å². The van der Waals surface area contributed by atoms with E-state index in [1.54, 1.807) is 11.3 Å². The minimum absolute atomic E-state index is 0.495. The fourth-order valence-electron chi connectivity index (χ4n) is 15.8. The molecule has 0 atom stereocenters. The van der Waals surface area contributed by atoms with E-state index in [4.69, 9.17) is 4.98 Å². The van der Waals surface area contributed by atoms with Gasteiger partial charge in [-0.2, -0.15) is 5.26 Å². The molecule has 0 bridgehead atoms. The maximum absolute atomic E-state index is 13.7. The third-order valence-electron chi connectivity index (χ3n) is 20.0. The molecular formula is C90H54N6S. The van der Waals surface area contributed by atoms with Crippen molar-refractivity contribution in [2.24, 2.45) is 0 Å². The SMILES string of the molecule is N#Cc1c(-n2c3ccccc3c3ccc(-c4ccccc4)cc32)c(-n2c3ccccc3c3ccc(-c4ccccc4)cc32)c(-c2cccc3c2sc2cccnc23)c(-n2c3ccccc3c3ccc(-c4ccccc4)cc32)c1-n1c2ccccc2c2ccc(-c3ccccc3)cc21. The van der Waals surface area contributed by atoms with Crippen LogP contribution in [0.25, 0.3) is 186 Å². The van der Waals surface area contributed by atoms with Gasteiger partial charge in [-0.1, -0.05) is 261 Å². The topological polar surface area (TPSA) is 56.4 Å². The lowest BCUT2D eigenvalue weighted by Crippen LogP contribution is -2.16. The first-order valence-electron chi connectivity index (χ1n) is 32.9. The van der Waals surface area contributed by atoms with Crippen LogP contribution < -0.4 is 0 Å². The second-order valence-electron chi connectivity index (χ2n) is 25.2. The van der Waals surface area contributed by atoms with Crippen molar-refractivity contribution in [3.8, 4) is 84.5 Å². The van der Waals surface area contributed by atoms with Gasteiger partial charge >= 0.3 is 0 Å². The number of nitriles is 1. The van der Waals surface area contributed by atoms with Gasteiger partial charge in [0.1, 0.15) is 11.6 Å². The van der Waals surface area contributed by atoms with Crippen LogP contribution in [-0.2, 0) is 0 Å². The van der Waals surface area contributed by atoms with Gasteiger partial charge in [0.05, 0.1) is 77.1 Å². The first-order valence-corrected chi connectivity index (χ1v) is 33.7. The van der Waals surface area contributed by atoms with Crippen LogP contribution in [-0.4, -0.2) is 23.3 Å². The molecule has 0 aliphatic carbocycles. The summed E-state index contributed by atoms with van der Waals surface area (Å²) in [5.74, 6) is 0. The molecule has 0 saturated carbocycles. The molecule has 450 valence electrons. The normalized spacial score (nSPS) is 11.9. The molecule has 14 aromatic carbocycles. The van der Waals surface area contributed by atoms with E-state index in [2.05, 4.69) is 346 Å². The van der Waals surface area contributed by atoms with Crippen molar-refractivity contribution in [2.75, 3.05) is 0 Å². The molecule has 0 saturated heterocycles. The van der Waals surface area contributed by atoms with Crippen molar-refractivity contribution < 1.29 is 0 Å². The highest BCUT2D eigenvalue weighted by Gasteiger charge is 2.36. The summed E-state index contributed by atoms with van der Waals surface area (Å²) in [6.45, 7) is 0. The summed E-state index contributed by atoms with van der Waals surface area (Å²) < 4.78 is 12.1. The number of para-hydroxylation sites is 4. The standard InChI is InChI=1S/C90H54N6S/c91-55-74-86(93-75-37-17-13-31-64(75)68-46-42-60(51-79(68)93)56-23-5-1-6-24-56)88(95-77-39-19-15-33-66(77)70-48-44-62(53-81(70)95)58-27-9-3-10-28-58)84(72-35-21-36-73-85-83(97-90(72)73)41-22-50-92-85)89(96-78-40-20-16-34-67(78)71-49-45-63(54-82(71)96)59-29-11-4-12-30-59)87(74)94-76-38-18-14-32-65(76)69-47-43-61(52-80(69)94)57-25-7-2-8-26-57/h1-54H. The molecule has 0 unspecified atom stereocenters. The Bertz CT molecular complexity index is 6340. The first-order chi connectivity index (χ1) is 48.1. The number of rotatable bonds is 9. The molecule has 0 amide bonds. The lowest BCUT2D eigenvalue weighted by molar-refractivity contribution is 1.04. The van der Waals surface area contributed by atoms with Gasteiger partial charge in [-0.05, 0) is 105 Å². The van der Waals surface area contributed by atoms with Crippen LogP contribution in [0.2, 0.25) is 0 Å². The van der Waals surface area contributed by atoms with E-state index in [-0.39, 0.29) is 0 Å².